The molecular weight excluding hydrogens is 284 g/mol. The topological polar surface area (TPSA) is 30.3 Å². The molecule has 23 heavy (non-hydrogen) atoms. The first-order chi connectivity index (χ1) is 11.4. The molecule has 4 nitrogen and oxygen atoms in total. The van der Waals surface area contributed by atoms with Crippen molar-refractivity contribution in [2.75, 3.05) is 25.2 Å². The van der Waals surface area contributed by atoms with Crippen molar-refractivity contribution < 1.29 is 4.58 Å². The third-order valence-electron chi connectivity index (χ3n) is 4.01. The number of nitrogens with one attached hydrogen (secondary N) is 2. The molecule has 1 aliphatic heterocycles. The van der Waals surface area contributed by atoms with Gasteiger partial charge in [-0.1, -0.05) is 49.7 Å². The number of guanidine groups is 1. The Morgan fingerprint density at radius 1 is 1.04 bits per heavy atom. The molecule has 1 heterocycles. The van der Waals surface area contributed by atoms with E-state index in [0.29, 0.717) is 0 Å². The highest BCUT2D eigenvalue weighted by molar-refractivity contribution is 5.90. The lowest BCUT2D eigenvalue weighted by Crippen LogP contribution is -2.53. The number of para-hydroxylation sites is 2. The number of rotatable bonds is 5. The summed E-state index contributed by atoms with van der Waals surface area (Å²) in [6.07, 6.45) is 2.45. The third kappa shape index (κ3) is 4.11. The Labute approximate surface area is 138 Å². The minimum absolute atomic E-state index is 0.874. The van der Waals surface area contributed by atoms with Crippen LogP contribution >= 0.6 is 0 Å². The molecule has 0 saturated carbocycles. The van der Waals surface area contributed by atoms with E-state index in [1.54, 1.807) is 0 Å². The van der Waals surface area contributed by atoms with Crippen LogP contribution in [0.5, 0.6) is 0 Å². The smallest absolute Gasteiger partial charge is 0.264 e. The van der Waals surface area contributed by atoms with Crippen molar-refractivity contribution in [1.29, 1.82) is 0 Å². The van der Waals surface area contributed by atoms with Crippen LogP contribution in [0.3, 0.4) is 0 Å². The minimum Gasteiger partial charge on any atom is -0.264 e. The van der Waals surface area contributed by atoms with Crippen LogP contribution in [0.25, 0.3) is 0 Å². The fraction of sp³-hybridized carbons (Fsp3) is 0.316. The molecule has 3 rings (SSSR count). The Hall–Kier alpha value is -2.33. The summed E-state index contributed by atoms with van der Waals surface area (Å²) in [6.45, 7) is 5.12. The average molecular weight is 309 g/mol. The summed E-state index contributed by atoms with van der Waals surface area (Å²) in [7, 11) is 0. The standard InChI is InChI=1S/C19H24N4/c1-2-3-14-22-15-20-19(21-17-10-6-4-7-11-17)23(16-22)18-12-8-5-9-13-18/h4-13H,2-3,14-16H2,1H3,(H,20,21)/p+1. The Bertz CT molecular complexity index is 637. The minimum atomic E-state index is 0.874. The second-order valence-corrected chi connectivity index (χ2v) is 5.83. The Morgan fingerprint density at radius 2 is 1.74 bits per heavy atom. The molecule has 0 spiro atoms. The summed E-state index contributed by atoms with van der Waals surface area (Å²) in [5.41, 5.74) is 2.29. The number of benzene rings is 2. The Kier molecular flexibility index (Phi) is 5.27. The normalized spacial score (nSPS) is 15.3. The van der Waals surface area contributed by atoms with Crippen molar-refractivity contribution in [3.05, 3.63) is 60.7 Å². The third-order valence-corrected chi connectivity index (χ3v) is 4.01. The van der Waals surface area contributed by atoms with E-state index < -0.39 is 0 Å². The first-order valence-corrected chi connectivity index (χ1v) is 8.34. The molecule has 120 valence electrons. The molecule has 0 aromatic heterocycles. The van der Waals surface area contributed by atoms with Crippen LogP contribution in [0, 0.1) is 0 Å². The Morgan fingerprint density at radius 3 is 2.43 bits per heavy atom. The lowest BCUT2D eigenvalue weighted by molar-refractivity contribution is -0.477. The van der Waals surface area contributed by atoms with Gasteiger partial charge in [-0.25, -0.2) is 14.8 Å². The Balaban J connectivity index is 1.86. The predicted molar refractivity (Wildman–Crippen MR) is 95.9 cm³/mol. The van der Waals surface area contributed by atoms with Crippen LogP contribution in [-0.4, -0.2) is 35.3 Å². The van der Waals surface area contributed by atoms with E-state index in [9.17, 15) is 0 Å². The molecule has 2 N–H and O–H groups in total. The molecule has 0 atom stereocenters. The van der Waals surface area contributed by atoms with Gasteiger partial charge < -0.3 is 0 Å². The molecule has 0 saturated heterocycles. The van der Waals surface area contributed by atoms with Crippen LogP contribution in [0.15, 0.2) is 60.7 Å². The molecule has 0 aliphatic carbocycles. The molecule has 0 unspecified atom stereocenters. The summed E-state index contributed by atoms with van der Waals surface area (Å²) >= 11 is 0. The van der Waals surface area contributed by atoms with Crippen molar-refractivity contribution in [1.82, 2.24) is 10.2 Å². The molecule has 2 aromatic rings. The maximum Gasteiger partial charge on any atom is 0.357 e. The summed E-state index contributed by atoms with van der Waals surface area (Å²) in [5, 5.41) is 7.04. The second kappa shape index (κ2) is 7.79. The number of nitrogens with zero attached hydrogens (tertiary/aromatic N) is 2. The molecule has 4 heteroatoms. The van der Waals surface area contributed by atoms with E-state index >= 15 is 0 Å². The van der Waals surface area contributed by atoms with Gasteiger partial charge in [0, 0.05) is 6.54 Å². The van der Waals surface area contributed by atoms with E-state index in [4.69, 9.17) is 0 Å². The van der Waals surface area contributed by atoms with E-state index in [-0.39, 0.29) is 0 Å². The van der Waals surface area contributed by atoms with Crippen molar-refractivity contribution in [2.45, 2.75) is 19.8 Å². The predicted octanol–water partition coefficient (Wildman–Crippen LogP) is 3.42. The van der Waals surface area contributed by atoms with Gasteiger partial charge >= 0.3 is 5.96 Å². The number of anilines is 1. The van der Waals surface area contributed by atoms with Gasteiger partial charge in [-0.2, -0.15) is 0 Å². The summed E-state index contributed by atoms with van der Waals surface area (Å²) in [6, 6.07) is 20.8. The molecule has 1 aliphatic rings. The summed E-state index contributed by atoms with van der Waals surface area (Å²) in [4.78, 5) is 2.44. The van der Waals surface area contributed by atoms with Gasteiger partial charge in [0.05, 0.1) is 5.69 Å². The fourth-order valence-corrected chi connectivity index (χ4v) is 2.72. The largest absolute Gasteiger partial charge is 0.357 e. The first kappa shape index (κ1) is 15.6. The highest BCUT2D eigenvalue weighted by Crippen LogP contribution is 2.15. The average Bonchev–Trinajstić information content (AvgIpc) is 2.62. The molecule has 2 aromatic carbocycles. The zero-order valence-electron chi connectivity index (χ0n) is 13.7. The monoisotopic (exact) mass is 309 g/mol. The quantitative estimate of drug-likeness (QED) is 0.830. The summed E-state index contributed by atoms with van der Waals surface area (Å²) < 4.78 is 2.30. The number of unbranched alkanes of at least 4 members (excludes halogenated alkanes) is 1. The van der Waals surface area contributed by atoms with Gasteiger partial charge in [0.15, 0.2) is 0 Å². The number of hydrogen-bond acceptors (Lipinski definition) is 3. The highest BCUT2D eigenvalue weighted by Gasteiger charge is 2.24. The van der Waals surface area contributed by atoms with Gasteiger partial charge in [-0.05, 0) is 30.7 Å². The van der Waals surface area contributed by atoms with E-state index in [1.807, 2.05) is 18.2 Å². The van der Waals surface area contributed by atoms with Crippen molar-refractivity contribution in [3.8, 4) is 0 Å². The molecule has 0 amide bonds. The van der Waals surface area contributed by atoms with Crippen molar-refractivity contribution in [3.63, 3.8) is 0 Å². The maximum absolute atomic E-state index is 3.53. The van der Waals surface area contributed by atoms with Gasteiger partial charge in [-0.15, -0.1) is 0 Å². The lowest BCUT2D eigenvalue weighted by Gasteiger charge is -2.28. The van der Waals surface area contributed by atoms with Gasteiger partial charge in [-0.3, -0.25) is 5.32 Å². The fourth-order valence-electron chi connectivity index (χ4n) is 2.72. The summed E-state index contributed by atoms with van der Waals surface area (Å²) in [5.74, 6) is 1.04. The van der Waals surface area contributed by atoms with Crippen LogP contribution in [0.4, 0.5) is 11.4 Å². The highest BCUT2D eigenvalue weighted by atomic mass is 15.4. The zero-order valence-corrected chi connectivity index (χ0v) is 13.7. The van der Waals surface area contributed by atoms with Gasteiger partial charge in [0.1, 0.15) is 19.0 Å². The van der Waals surface area contributed by atoms with Crippen LogP contribution in [0.1, 0.15) is 19.8 Å². The zero-order chi connectivity index (χ0) is 15.9. The van der Waals surface area contributed by atoms with Crippen LogP contribution in [0.2, 0.25) is 0 Å². The maximum atomic E-state index is 3.53. The molecule has 0 bridgehead atoms. The van der Waals surface area contributed by atoms with Crippen molar-refractivity contribution in [2.24, 2.45) is 0 Å². The second-order valence-electron chi connectivity index (χ2n) is 5.83. The molecule has 0 fully saturated rings. The van der Waals surface area contributed by atoms with Crippen LogP contribution in [-0.2, 0) is 0 Å². The molecular formula is C19H25N4+. The van der Waals surface area contributed by atoms with Gasteiger partial charge in [0.2, 0.25) is 0 Å². The molecule has 0 radical (unpaired) electrons. The SMILES string of the molecule is CCCCN1CNC(Nc2ccccc2)=[N+](c2ccccc2)C1. The lowest BCUT2D eigenvalue weighted by atomic mass is 10.3. The van der Waals surface area contributed by atoms with E-state index in [2.05, 4.69) is 69.5 Å². The van der Waals surface area contributed by atoms with E-state index in [0.717, 1.165) is 31.5 Å². The first-order valence-electron chi connectivity index (χ1n) is 8.34. The van der Waals surface area contributed by atoms with Crippen molar-refractivity contribution >= 4 is 17.3 Å². The van der Waals surface area contributed by atoms with Crippen LogP contribution < -0.4 is 10.6 Å². The van der Waals surface area contributed by atoms with Gasteiger partial charge in [0.25, 0.3) is 0 Å². The number of hydrogen-bond donors (Lipinski definition) is 2. The van der Waals surface area contributed by atoms with E-state index in [1.165, 1.54) is 18.5 Å².